The van der Waals surface area contributed by atoms with Crippen molar-refractivity contribution in [3.63, 3.8) is 0 Å². The van der Waals surface area contributed by atoms with Crippen LogP contribution in [-0.4, -0.2) is 48.8 Å². The maximum Gasteiger partial charge on any atom is 0.330 e. The fourth-order valence-corrected chi connectivity index (χ4v) is 2.60. The number of methoxy groups -OCH3 is 2. The van der Waals surface area contributed by atoms with Gasteiger partial charge in [-0.3, -0.25) is 4.79 Å². The van der Waals surface area contributed by atoms with E-state index in [0.717, 1.165) is 11.3 Å². The molecule has 2 N–H and O–H groups in total. The van der Waals surface area contributed by atoms with Crippen LogP contribution >= 0.6 is 11.3 Å². The first-order valence-electron chi connectivity index (χ1n) is 6.68. The predicted molar refractivity (Wildman–Crippen MR) is 84.5 cm³/mol. The molecular weight excluding hydrogens is 320 g/mol. The van der Waals surface area contributed by atoms with Crippen molar-refractivity contribution in [1.29, 1.82) is 0 Å². The Bertz CT molecular complexity index is 683. The van der Waals surface area contributed by atoms with Crippen molar-refractivity contribution in [2.24, 2.45) is 0 Å². The van der Waals surface area contributed by atoms with Crippen LogP contribution in [-0.2, 0) is 9.53 Å². The van der Waals surface area contributed by atoms with E-state index in [4.69, 9.17) is 9.84 Å². The Hall–Kier alpha value is -2.45. The minimum absolute atomic E-state index is 0.170. The molecule has 23 heavy (non-hydrogen) atoms. The Kier molecular flexibility index (Phi) is 5.67. The van der Waals surface area contributed by atoms with Gasteiger partial charge in [0.15, 0.2) is 6.04 Å². The number of ether oxygens (including phenoxy) is 2. The molecule has 1 atom stereocenters. The van der Waals surface area contributed by atoms with Crippen molar-refractivity contribution in [3.05, 3.63) is 35.3 Å². The molecule has 0 fully saturated rings. The van der Waals surface area contributed by atoms with Gasteiger partial charge in [0, 0.05) is 10.9 Å². The molecule has 1 aromatic carbocycles. The van der Waals surface area contributed by atoms with Crippen LogP contribution in [0.3, 0.4) is 0 Å². The van der Waals surface area contributed by atoms with Crippen molar-refractivity contribution in [1.82, 2.24) is 10.3 Å². The molecule has 7 nitrogen and oxygen atoms in total. The number of esters is 1. The third-order valence-electron chi connectivity index (χ3n) is 3.05. The zero-order valence-electron chi connectivity index (χ0n) is 12.6. The molecule has 0 aliphatic heterocycles. The maximum atomic E-state index is 12.1. The second kappa shape index (κ2) is 7.70. The van der Waals surface area contributed by atoms with E-state index in [1.54, 1.807) is 24.6 Å². The molecule has 0 radical (unpaired) electrons. The molecule has 0 aliphatic rings. The summed E-state index contributed by atoms with van der Waals surface area (Å²) in [6.07, 6.45) is 0. The lowest BCUT2D eigenvalue weighted by atomic mass is 10.2. The molecule has 0 saturated carbocycles. The number of aliphatic hydroxyl groups is 1. The van der Waals surface area contributed by atoms with Crippen LogP contribution in [0.25, 0.3) is 10.6 Å². The lowest BCUT2D eigenvalue weighted by molar-refractivity contribution is -0.143. The predicted octanol–water partition coefficient (Wildman–Crippen LogP) is 1.08. The van der Waals surface area contributed by atoms with E-state index in [-0.39, 0.29) is 5.69 Å². The van der Waals surface area contributed by atoms with Gasteiger partial charge in [0.1, 0.15) is 16.5 Å². The lowest BCUT2D eigenvalue weighted by Gasteiger charge is -2.12. The summed E-state index contributed by atoms with van der Waals surface area (Å²) < 4.78 is 9.58. The summed E-state index contributed by atoms with van der Waals surface area (Å²) in [5.74, 6) is -0.538. The molecule has 1 amide bonds. The van der Waals surface area contributed by atoms with Crippen molar-refractivity contribution < 1.29 is 24.2 Å². The smallest absolute Gasteiger partial charge is 0.330 e. The normalized spacial score (nSPS) is 11.6. The standard InChI is InChI=1S/C15H16N2O5S/c1-21-10-5-3-9(4-6-10)14-17-12(8-23-14)13(19)16-11(7-18)15(20)22-2/h3-6,8,11,18H,7H2,1-2H3,(H,16,19)/t11-/m0/s1. The average molecular weight is 336 g/mol. The Labute approximate surface area is 136 Å². The minimum atomic E-state index is -1.11. The first kappa shape index (κ1) is 16.9. The van der Waals surface area contributed by atoms with Crippen LogP contribution in [0.1, 0.15) is 10.5 Å². The Morgan fingerprint density at radius 2 is 2.00 bits per heavy atom. The van der Waals surface area contributed by atoms with Gasteiger partial charge in [0.25, 0.3) is 5.91 Å². The topological polar surface area (TPSA) is 97.8 Å². The van der Waals surface area contributed by atoms with E-state index in [1.165, 1.54) is 18.4 Å². The van der Waals surface area contributed by atoms with Crippen molar-refractivity contribution in [2.75, 3.05) is 20.8 Å². The maximum absolute atomic E-state index is 12.1. The molecule has 8 heteroatoms. The van der Waals surface area contributed by atoms with Gasteiger partial charge in [-0.1, -0.05) is 0 Å². The number of carbonyl (C=O) groups is 2. The summed E-state index contributed by atoms with van der Waals surface area (Å²) in [7, 11) is 2.77. The number of rotatable bonds is 6. The van der Waals surface area contributed by atoms with Gasteiger partial charge >= 0.3 is 5.97 Å². The monoisotopic (exact) mass is 336 g/mol. The molecule has 0 unspecified atom stereocenters. The van der Waals surface area contributed by atoms with Gasteiger partial charge < -0.3 is 19.9 Å². The highest BCUT2D eigenvalue weighted by molar-refractivity contribution is 7.13. The number of hydrogen-bond donors (Lipinski definition) is 2. The summed E-state index contributed by atoms with van der Waals surface area (Å²) in [5, 5.41) is 13.7. The highest BCUT2D eigenvalue weighted by atomic mass is 32.1. The molecule has 1 aromatic heterocycles. The molecule has 2 rings (SSSR count). The van der Waals surface area contributed by atoms with Gasteiger partial charge in [-0.05, 0) is 24.3 Å². The fourth-order valence-electron chi connectivity index (χ4n) is 1.80. The Morgan fingerprint density at radius 3 is 2.57 bits per heavy atom. The molecule has 1 heterocycles. The zero-order valence-corrected chi connectivity index (χ0v) is 13.4. The average Bonchev–Trinajstić information content (AvgIpc) is 3.09. The number of benzene rings is 1. The Balaban J connectivity index is 2.11. The van der Waals surface area contributed by atoms with E-state index in [1.807, 2.05) is 12.1 Å². The van der Waals surface area contributed by atoms with E-state index in [9.17, 15) is 9.59 Å². The third kappa shape index (κ3) is 4.05. The van der Waals surface area contributed by atoms with Crippen molar-refractivity contribution in [2.45, 2.75) is 6.04 Å². The fraction of sp³-hybridized carbons (Fsp3) is 0.267. The summed E-state index contributed by atoms with van der Waals surface area (Å²) in [4.78, 5) is 27.7. The zero-order chi connectivity index (χ0) is 16.8. The van der Waals surface area contributed by atoms with E-state index >= 15 is 0 Å². The first-order chi connectivity index (χ1) is 11.1. The number of aliphatic hydroxyl groups excluding tert-OH is 1. The van der Waals surface area contributed by atoms with Crippen LogP contribution < -0.4 is 10.1 Å². The number of nitrogens with one attached hydrogen (secondary N) is 1. The number of hydrogen-bond acceptors (Lipinski definition) is 7. The van der Waals surface area contributed by atoms with Crippen molar-refractivity contribution in [3.8, 4) is 16.3 Å². The highest BCUT2D eigenvalue weighted by Crippen LogP contribution is 2.25. The van der Waals surface area contributed by atoms with Crippen LogP contribution in [0.15, 0.2) is 29.6 Å². The van der Waals surface area contributed by atoms with Crippen LogP contribution in [0, 0.1) is 0 Å². The van der Waals surface area contributed by atoms with Gasteiger partial charge in [-0.15, -0.1) is 11.3 Å². The number of carbonyl (C=O) groups excluding carboxylic acids is 2. The van der Waals surface area contributed by atoms with Gasteiger partial charge in [-0.25, -0.2) is 9.78 Å². The summed E-state index contributed by atoms with van der Waals surface area (Å²) in [6, 6.07) is 6.17. The SMILES string of the molecule is COC(=O)[C@H](CO)NC(=O)c1csc(-c2ccc(OC)cc2)n1. The first-order valence-corrected chi connectivity index (χ1v) is 7.56. The molecule has 0 spiro atoms. The minimum Gasteiger partial charge on any atom is -0.497 e. The van der Waals surface area contributed by atoms with Gasteiger partial charge in [0.05, 0.1) is 20.8 Å². The lowest BCUT2D eigenvalue weighted by Crippen LogP contribution is -2.44. The number of amides is 1. The molecule has 0 bridgehead atoms. The summed E-state index contributed by atoms with van der Waals surface area (Å²) >= 11 is 1.30. The van der Waals surface area contributed by atoms with Crippen LogP contribution in [0.4, 0.5) is 0 Å². The molecular formula is C15H16N2O5S. The van der Waals surface area contributed by atoms with Crippen LogP contribution in [0.5, 0.6) is 5.75 Å². The summed E-state index contributed by atoms with van der Waals surface area (Å²) in [5.41, 5.74) is 1.02. The van der Waals surface area contributed by atoms with E-state index in [2.05, 4.69) is 15.0 Å². The molecule has 0 saturated heterocycles. The second-order valence-electron chi connectivity index (χ2n) is 4.50. The number of thiazole rings is 1. The molecule has 122 valence electrons. The Morgan fingerprint density at radius 1 is 1.30 bits per heavy atom. The summed E-state index contributed by atoms with van der Waals surface area (Å²) in [6.45, 7) is -0.548. The van der Waals surface area contributed by atoms with Crippen molar-refractivity contribution >= 4 is 23.2 Å². The number of nitrogens with zero attached hydrogens (tertiary/aromatic N) is 1. The highest BCUT2D eigenvalue weighted by Gasteiger charge is 2.22. The van der Waals surface area contributed by atoms with E-state index in [0.29, 0.717) is 5.01 Å². The molecule has 0 aliphatic carbocycles. The van der Waals surface area contributed by atoms with E-state index < -0.39 is 24.5 Å². The molecule has 2 aromatic rings. The van der Waals surface area contributed by atoms with Gasteiger partial charge in [0.2, 0.25) is 0 Å². The number of aromatic nitrogens is 1. The van der Waals surface area contributed by atoms with Crippen LogP contribution in [0.2, 0.25) is 0 Å². The second-order valence-corrected chi connectivity index (χ2v) is 5.36. The van der Waals surface area contributed by atoms with Gasteiger partial charge in [-0.2, -0.15) is 0 Å². The third-order valence-corrected chi connectivity index (χ3v) is 3.94. The largest absolute Gasteiger partial charge is 0.497 e. The quantitative estimate of drug-likeness (QED) is 0.766.